The van der Waals surface area contributed by atoms with Gasteiger partial charge in [0.25, 0.3) is 14.7 Å². The number of benzene rings is 1. The molecule has 0 aromatic heterocycles. The van der Waals surface area contributed by atoms with Crippen LogP contribution in [-0.4, -0.2) is 13.3 Å². The number of nitro benzene ring substituents is 1. The van der Waals surface area contributed by atoms with Crippen molar-refractivity contribution >= 4 is 25.4 Å². The Morgan fingerprint density at radius 3 is 1.94 bits per heavy atom. The van der Waals surface area contributed by atoms with Gasteiger partial charge in [-0.15, -0.1) is 0 Å². The molecule has 0 saturated heterocycles. The first-order chi connectivity index (χ1) is 8.32. The number of halogens is 1. The largest absolute Gasteiger partial charge is 0.270 e. The van der Waals surface area contributed by atoms with E-state index in [4.69, 9.17) is 10.7 Å². The zero-order valence-electron chi connectivity index (χ0n) is 11.1. The molecule has 0 bridgehead atoms. The average molecular weight is 296 g/mol. The zero-order valence-corrected chi connectivity index (χ0v) is 12.7. The van der Waals surface area contributed by atoms with E-state index < -0.39 is 14.0 Å². The molecule has 1 aromatic carbocycles. The Kier molecular flexibility index (Phi) is 9.47. The van der Waals surface area contributed by atoms with Crippen LogP contribution in [0, 0.1) is 17.0 Å². The first kappa shape index (κ1) is 19.2. The Morgan fingerprint density at radius 1 is 1.17 bits per heavy atom. The molecule has 7 heteroatoms. The van der Waals surface area contributed by atoms with Gasteiger partial charge >= 0.3 is 0 Å². The molecule has 0 N–H and O–H groups in total. The van der Waals surface area contributed by atoms with Crippen molar-refractivity contribution in [1.29, 1.82) is 0 Å². The van der Waals surface area contributed by atoms with E-state index in [1.54, 1.807) is 0 Å². The van der Waals surface area contributed by atoms with Gasteiger partial charge in [-0.1, -0.05) is 33.8 Å². The van der Waals surface area contributed by atoms with Crippen LogP contribution in [0.25, 0.3) is 0 Å². The molecule has 5 nitrogen and oxygen atoms in total. The third-order valence-corrected chi connectivity index (χ3v) is 3.11. The molecule has 0 unspecified atom stereocenters. The number of nitro groups is 1. The van der Waals surface area contributed by atoms with E-state index in [0.29, 0.717) is 5.56 Å². The molecular formula is C11H18ClNO4S. The predicted octanol–water partition coefficient (Wildman–Crippen LogP) is 3.88. The number of non-ortho nitro benzene ring substituents is 1. The van der Waals surface area contributed by atoms with Crippen molar-refractivity contribution in [3.05, 3.63) is 33.9 Å². The van der Waals surface area contributed by atoms with Gasteiger partial charge in [-0.2, -0.15) is 0 Å². The van der Waals surface area contributed by atoms with Crippen LogP contribution in [0.4, 0.5) is 5.69 Å². The van der Waals surface area contributed by atoms with Gasteiger partial charge in [0.15, 0.2) is 0 Å². The lowest BCUT2D eigenvalue weighted by molar-refractivity contribution is -0.385. The minimum absolute atomic E-state index is 0.228. The molecule has 0 aliphatic rings. The predicted molar refractivity (Wildman–Crippen MR) is 73.6 cm³/mol. The second-order valence-electron chi connectivity index (χ2n) is 2.64. The molecule has 0 fully saturated rings. The number of hydrogen-bond acceptors (Lipinski definition) is 4. The molecule has 0 aliphatic heterocycles. The van der Waals surface area contributed by atoms with Crippen LogP contribution in [0.3, 0.4) is 0 Å². The molecule has 1 rings (SSSR count). The van der Waals surface area contributed by atoms with Crippen molar-refractivity contribution in [1.82, 2.24) is 0 Å². The van der Waals surface area contributed by atoms with Gasteiger partial charge in [0, 0.05) is 22.8 Å². The van der Waals surface area contributed by atoms with Gasteiger partial charge in [-0.05, 0) is 12.5 Å². The third-order valence-electron chi connectivity index (χ3n) is 1.65. The molecule has 0 atom stereocenters. The topological polar surface area (TPSA) is 77.3 Å². The summed E-state index contributed by atoms with van der Waals surface area (Å²) < 4.78 is 21.9. The smallest absolute Gasteiger partial charge is 0.258 e. The molecule has 0 heterocycles. The second-order valence-corrected chi connectivity index (χ2v) is 5.18. The molecular weight excluding hydrogens is 278 g/mol. The normalized spacial score (nSPS) is 9.44. The van der Waals surface area contributed by atoms with E-state index in [-0.39, 0.29) is 10.6 Å². The van der Waals surface area contributed by atoms with Crippen LogP contribution in [0.2, 0.25) is 0 Å². The van der Waals surface area contributed by atoms with E-state index in [1.807, 2.05) is 27.7 Å². The summed E-state index contributed by atoms with van der Waals surface area (Å²) in [5, 5.41) is 10.4. The molecule has 0 radical (unpaired) electrons. The summed E-state index contributed by atoms with van der Waals surface area (Å²) in [4.78, 5) is 9.46. The first-order valence-corrected chi connectivity index (χ1v) is 7.83. The Hall–Kier alpha value is -1.14. The van der Waals surface area contributed by atoms with Crippen LogP contribution in [0.5, 0.6) is 0 Å². The lowest BCUT2D eigenvalue weighted by Crippen LogP contribution is -1.96. The van der Waals surface area contributed by atoms with Crippen LogP contribution >= 0.6 is 10.7 Å². The highest BCUT2D eigenvalue weighted by molar-refractivity contribution is 8.13. The summed E-state index contributed by atoms with van der Waals surface area (Å²) in [7, 11) is 1.17. The summed E-state index contributed by atoms with van der Waals surface area (Å²) in [6.07, 6.45) is 0. The summed E-state index contributed by atoms with van der Waals surface area (Å²) in [5.74, 6) is 0. The average Bonchev–Trinajstić information content (AvgIpc) is 2.33. The molecule has 0 amide bonds. The second kappa shape index (κ2) is 8.88. The van der Waals surface area contributed by atoms with Crippen LogP contribution < -0.4 is 0 Å². The van der Waals surface area contributed by atoms with E-state index in [2.05, 4.69) is 0 Å². The maximum absolute atomic E-state index is 11.0. The van der Waals surface area contributed by atoms with Crippen LogP contribution in [-0.2, 0) is 9.05 Å². The highest BCUT2D eigenvalue weighted by Gasteiger charge is 2.17. The monoisotopic (exact) mass is 295 g/mol. The number of aryl methyl sites for hydroxylation is 1. The Labute approximate surface area is 112 Å². The Morgan fingerprint density at radius 2 is 1.61 bits per heavy atom. The number of nitrogens with zero attached hydrogens (tertiary/aromatic N) is 1. The summed E-state index contributed by atoms with van der Waals surface area (Å²) in [6, 6.07) is 3.51. The lowest BCUT2D eigenvalue weighted by Gasteiger charge is -2.00. The van der Waals surface area contributed by atoms with Crippen molar-refractivity contribution in [3.8, 4) is 0 Å². The number of hydrogen-bond donors (Lipinski definition) is 0. The third kappa shape index (κ3) is 5.97. The van der Waals surface area contributed by atoms with Gasteiger partial charge in [-0.3, -0.25) is 10.1 Å². The molecule has 0 aliphatic carbocycles. The van der Waals surface area contributed by atoms with Gasteiger partial charge < -0.3 is 0 Å². The number of rotatable bonds is 2. The zero-order chi connectivity index (χ0) is 14.9. The molecule has 1 aromatic rings. The van der Waals surface area contributed by atoms with Crippen molar-refractivity contribution in [2.75, 3.05) is 0 Å². The molecule has 18 heavy (non-hydrogen) atoms. The van der Waals surface area contributed by atoms with Gasteiger partial charge in [-0.25, -0.2) is 8.42 Å². The van der Waals surface area contributed by atoms with Gasteiger partial charge in [0.05, 0.1) is 9.82 Å². The van der Waals surface area contributed by atoms with Crippen molar-refractivity contribution < 1.29 is 13.3 Å². The maximum atomic E-state index is 11.0. The fourth-order valence-corrected chi connectivity index (χ4v) is 2.18. The summed E-state index contributed by atoms with van der Waals surface area (Å²) in [5.41, 5.74) is 0.0837. The minimum Gasteiger partial charge on any atom is -0.258 e. The van der Waals surface area contributed by atoms with Crippen molar-refractivity contribution in [2.45, 2.75) is 39.5 Å². The van der Waals surface area contributed by atoms with E-state index in [0.717, 1.165) is 6.07 Å². The standard InChI is InChI=1S/C7H6ClNO4S.2C2H6/c1-5-2-3-6(9(10)11)4-7(5)14(8,12)13;2*1-2/h2-4H,1H3;2*1-2H3. The highest BCUT2D eigenvalue weighted by atomic mass is 35.7. The van der Waals surface area contributed by atoms with Crippen LogP contribution in [0.1, 0.15) is 33.3 Å². The Balaban J connectivity index is 0. The first-order valence-electron chi connectivity index (χ1n) is 5.52. The highest BCUT2D eigenvalue weighted by Crippen LogP contribution is 2.24. The molecule has 0 saturated carbocycles. The van der Waals surface area contributed by atoms with Crippen molar-refractivity contribution in [2.24, 2.45) is 0 Å². The SMILES string of the molecule is CC.CC.Cc1ccc([N+](=O)[O-])cc1S(=O)(=O)Cl. The fraction of sp³-hybridized carbons (Fsp3) is 0.455. The summed E-state index contributed by atoms with van der Waals surface area (Å²) >= 11 is 0. The van der Waals surface area contributed by atoms with E-state index >= 15 is 0 Å². The minimum atomic E-state index is -3.92. The molecule has 104 valence electrons. The van der Waals surface area contributed by atoms with E-state index in [9.17, 15) is 18.5 Å². The fourth-order valence-electron chi connectivity index (χ4n) is 0.965. The van der Waals surface area contributed by atoms with Crippen molar-refractivity contribution in [3.63, 3.8) is 0 Å². The quantitative estimate of drug-likeness (QED) is 0.471. The van der Waals surface area contributed by atoms with Gasteiger partial charge in [0.2, 0.25) is 0 Å². The van der Waals surface area contributed by atoms with E-state index in [1.165, 1.54) is 19.1 Å². The Bertz CT molecular complexity index is 486. The molecule has 0 spiro atoms. The van der Waals surface area contributed by atoms with Gasteiger partial charge in [0.1, 0.15) is 0 Å². The lowest BCUT2D eigenvalue weighted by atomic mass is 10.2. The van der Waals surface area contributed by atoms with Crippen LogP contribution in [0.15, 0.2) is 23.1 Å². The summed E-state index contributed by atoms with van der Waals surface area (Å²) in [6.45, 7) is 9.51. The maximum Gasteiger partial charge on any atom is 0.270 e.